The average Bonchev–Trinajstić information content (AvgIpc) is 3.01. The summed E-state index contributed by atoms with van der Waals surface area (Å²) in [4.78, 5) is 4.48. The zero-order valence-electron chi connectivity index (χ0n) is 25.8. The van der Waals surface area contributed by atoms with Crippen molar-refractivity contribution >= 4 is 35.3 Å². The summed E-state index contributed by atoms with van der Waals surface area (Å²) < 4.78 is 17.2. The summed E-state index contributed by atoms with van der Waals surface area (Å²) in [6.07, 6.45) is 1.99. The molecule has 0 aliphatic carbocycles. The lowest BCUT2D eigenvalue weighted by Crippen LogP contribution is -2.48. The second kappa shape index (κ2) is 16.3. The number of rotatable bonds is 16. The zero-order valence-corrected chi connectivity index (χ0v) is 25.8. The molecular formula is C35H44B2N2O3. The summed E-state index contributed by atoms with van der Waals surface area (Å²) in [6.45, 7) is 2.53. The molecule has 0 fully saturated rings. The van der Waals surface area contributed by atoms with Crippen molar-refractivity contribution in [3.8, 4) is 11.5 Å². The van der Waals surface area contributed by atoms with Crippen molar-refractivity contribution in [1.29, 1.82) is 0 Å². The van der Waals surface area contributed by atoms with Crippen LogP contribution in [0.15, 0.2) is 109 Å². The van der Waals surface area contributed by atoms with Gasteiger partial charge in [-0.1, -0.05) is 113 Å². The third-order valence-electron chi connectivity index (χ3n) is 7.82. The van der Waals surface area contributed by atoms with E-state index in [1.807, 2.05) is 0 Å². The van der Waals surface area contributed by atoms with Gasteiger partial charge in [-0.25, -0.2) is 0 Å². The van der Waals surface area contributed by atoms with Gasteiger partial charge in [0.05, 0.1) is 6.61 Å². The number of hydrogen-bond donors (Lipinski definition) is 0. The number of methoxy groups -OCH3 is 1. The van der Waals surface area contributed by atoms with Crippen LogP contribution in [0.4, 0.5) is 0 Å². The van der Waals surface area contributed by atoms with Crippen LogP contribution >= 0.6 is 0 Å². The van der Waals surface area contributed by atoms with E-state index in [4.69, 9.17) is 14.2 Å². The zero-order chi connectivity index (χ0) is 29.7. The number of nitrogens with zero attached hydrogens (tertiary/aromatic N) is 2. The highest BCUT2D eigenvalue weighted by atomic mass is 16.7. The summed E-state index contributed by atoms with van der Waals surface area (Å²) in [6, 6.07) is 38.8. The van der Waals surface area contributed by atoms with Crippen LogP contribution in [-0.2, 0) is 9.47 Å². The van der Waals surface area contributed by atoms with Crippen molar-refractivity contribution in [2.75, 3.05) is 55.2 Å². The van der Waals surface area contributed by atoms with Gasteiger partial charge in [0, 0.05) is 13.2 Å². The van der Waals surface area contributed by atoms with Crippen molar-refractivity contribution in [3.05, 3.63) is 109 Å². The van der Waals surface area contributed by atoms with Crippen LogP contribution in [0.3, 0.4) is 0 Å². The van der Waals surface area contributed by atoms with Crippen LogP contribution in [0.2, 0.25) is 12.6 Å². The fourth-order valence-electron chi connectivity index (χ4n) is 5.39. The lowest BCUT2D eigenvalue weighted by Gasteiger charge is -2.27. The first kappa shape index (κ1) is 31.6. The highest BCUT2D eigenvalue weighted by Crippen LogP contribution is 2.20. The van der Waals surface area contributed by atoms with Crippen LogP contribution in [0.25, 0.3) is 0 Å². The van der Waals surface area contributed by atoms with Gasteiger partial charge in [-0.15, -0.1) is 0 Å². The maximum absolute atomic E-state index is 6.29. The molecule has 0 heterocycles. The molecule has 7 heteroatoms. The number of hydrogen-bond acceptors (Lipinski definition) is 5. The molecule has 218 valence electrons. The minimum absolute atomic E-state index is 0.232. The molecule has 0 aliphatic heterocycles. The first-order valence-corrected chi connectivity index (χ1v) is 14.8. The van der Waals surface area contributed by atoms with Crippen molar-refractivity contribution < 1.29 is 14.2 Å². The third-order valence-corrected chi connectivity index (χ3v) is 7.82. The van der Waals surface area contributed by atoms with Gasteiger partial charge >= 0.3 is 0 Å². The van der Waals surface area contributed by atoms with Crippen LogP contribution < -0.4 is 26.6 Å². The van der Waals surface area contributed by atoms with E-state index in [9.17, 15) is 0 Å². The molecule has 0 bridgehead atoms. The number of ether oxygens (including phenoxy) is 3. The maximum Gasteiger partial charge on any atom is 0.210 e. The molecule has 0 amide bonds. The monoisotopic (exact) mass is 562 g/mol. The van der Waals surface area contributed by atoms with Gasteiger partial charge in [-0.3, -0.25) is 0 Å². The Morgan fingerprint density at radius 3 is 1.57 bits per heavy atom. The van der Waals surface area contributed by atoms with Gasteiger partial charge in [0.1, 0.15) is 18.3 Å². The molecule has 0 radical (unpaired) electrons. The van der Waals surface area contributed by atoms with Crippen LogP contribution in [-0.4, -0.2) is 84.5 Å². The fraction of sp³-hybridized carbons (Fsp3) is 0.314. The van der Waals surface area contributed by atoms with Gasteiger partial charge in [0.2, 0.25) is 13.4 Å². The van der Waals surface area contributed by atoms with Crippen molar-refractivity contribution in [1.82, 2.24) is 9.80 Å². The number of benzene rings is 4. The molecule has 4 rings (SSSR count). The van der Waals surface area contributed by atoms with E-state index in [0.717, 1.165) is 30.7 Å². The van der Waals surface area contributed by atoms with Gasteiger partial charge in [-0.05, 0) is 65.3 Å². The predicted molar refractivity (Wildman–Crippen MR) is 179 cm³/mol. The second-order valence-corrected chi connectivity index (χ2v) is 11.4. The van der Waals surface area contributed by atoms with Crippen LogP contribution in [0, 0.1) is 0 Å². The normalized spacial score (nSPS) is 12.0. The lowest BCUT2D eigenvalue weighted by molar-refractivity contribution is -0.0448. The lowest BCUT2D eigenvalue weighted by atomic mass is 9.37. The highest BCUT2D eigenvalue weighted by molar-refractivity contribution is 6.85. The molecule has 0 N–H and O–H groups in total. The molecule has 4 aromatic rings. The van der Waals surface area contributed by atoms with Crippen molar-refractivity contribution in [3.63, 3.8) is 0 Å². The van der Waals surface area contributed by atoms with Crippen molar-refractivity contribution in [2.45, 2.75) is 18.7 Å². The summed E-state index contributed by atoms with van der Waals surface area (Å²) in [5.74, 6) is 1.67. The Morgan fingerprint density at radius 1 is 0.619 bits per heavy atom. The van der Waals surface area contributed by atoms with Gasteiger partial charge in [-0.2, -0.15) is 0 Å². The van der Waals surface area contributed by atoms with E-state index in [-0.39, 0.29) is 12.8 Å². The highest BCUT2D eigenvalue weighted by Gasteiger charge is 2.25. The van der Waals surface area contributed by atoms with Gasteiger partial charge < -0.3 is 24.0 Å². The maximum atomic E-state index is 6.29. The first-order chi connectivity index (χ1) is 20.4. The molecule has 0 saturated carbocycles. The summed E-state index contributed by atoms with van der Waals surface area (Å²) in [5, 5.41) is 0. The van der Waals surface area contributed by atoms with Crippen LogP contribution in [0.5, 0.6) is 11.5 Å². The Kier molecular flexibility index (Phi) is 12.3. The number of likely N-dealkylation sites (N-methyl/N-ethyl adjacent to an activating group) is 1. The van der Waals surface area contributed by atoms with E-state index in [2.05, 4.69) is 147 Å². The Balaban J connectivity index is 1.48. The van der Waals surface area contributed by atoms with Gasteiger partial charge in [0.15, 0.2) is 0 Å². The van der Waals surface area contributed by atoms with E-state index >= 15 is 0 Å². The molecule has 0 aromatic heterocycles. The quantitative estimate of drug-likeness (QED) is 0.118. The Bertz CT molecular complexity index is 1300. The van der Waals surface area contributed by atoms with E-state index in [1.54, 1.807) is 7.11 Å². The molecule has 0 spiro atoms. The summed E-state index contributed by atoms with van der Waals surface area (Å²) in [7, 11) is 10.1. The Hall–Kier alpha value is -3.35. The molecule has 0 saturated heterocycles. The SMILES string of the molecule is COCOCC(CB(c1ccccc1)c1ccc(Oc2ccc(B(CCN(C)C)c3ccccc3)cc2)cc1)N(C)C. The average molecular weight is 562 g/mol. The van der Waals surface area contributed by atoms with Crippen LogP contribution in [0.1, 0.15) is 0 Å². The van der Waals surface area contributed by atoms with E-state index in [1.165, 1.54) is 21.9 Å². The molecule has 1 unspecified atom stereocenters. The fourth-order valence-corrected chi connectivity index (χ4v) is 5.39. The Morgan fingerprint density at radius 2 is 1.10 bits per heavy atom. The topological polar surface area (TPSA) is 34.2 Å². The second-order valence-electron chi connectivity index (χ2n) is 11.4. The Labute approximate surface area is 253 Å². The van der Waals surface area contributed by atoms with E-state index < -0.39 is 0 Å². The first-order valence-electron chi connectivity index (χ1n) is 14.8. The molecule has 1 atom stereocenters. The summed E-state index contributed by atoms with van der Waals surface area (Å²) >= 11 is 0. The standard InChI is InChI=1S/C35H44B2N2O3/c1-38(2)25-24-36(29-12-8-6-9-13-29)31-16-20-34(21-17-31)42-35-22-18-32(19-23-35)37(30-14-10-7-11-15-30)26-33(39(3)4)27-41-28-40-5/h6-23,33H,24-28H2,1-5H3. The smallest absolute Gasteiger partial charge is 0.210 e. The largest absolute Gasteiger partial charge is 0.457 e. The summed E-state index contributed by atoms with van der Waals surface area (Å²) in [5.41, 5.74) is 5.20. The molecule has 0 aliphatic rings. The molecule has 42 heavy (non-hydrogen) atoms. The molecule has 5 nitrogen and oxygen atoms in total. The van der Waals surface area contributed by atoms with Crippen molar-refractivity contribution in [2.24, 2.45) is 0 Å². The molecular weight excluding hydrogens is 518 g/mol. The minimum atomic E-state index is 0.232. The molecule has 4 aromatic carbocycles. The third kappa shape index (κ3) is 9.33. The van der Waals surface area contributed by atoms with Gasteiger partial charge in [0.25, 0.3) is 0 Å². The van der Waals surface area contributed by atoms with E-state index in [0.29, 0.717) is 20.1 Å². The minimum Gasteiger partial charge on any atom is -0.457 e. The predicted octanol–water partition coefficient (Wildman–Crippen LogP) is 3.81.